The second kappa shape index (κ2) is 11.2. The van der Waals surface area contributed by atoms with Gasteiger partial charge < -0.3 is 14.6 Å². The van der Waals surface area contributed by atoms with Crippen molar-refractivity contribution >= 4 is 28.5 Å². The molecular weight excluding hydrogens is 446 g/mol. The van der Waals surface area contributed by atoms with Crippen molar-refractivity contribution in [2.75, 3.05) is 13.2 Å². The number of hydrogen-bond donors (Lipinski definition) is 1. The first kappa shape index (κ1) is 23.8. The van der Waals surface area contributed by atoms with Gasteiger partial charge in [0.05, 0.1) is 17.6 Å². The van der Waals surface area contributed by atoms with E-state index in [1.54, 1.807) is 24.3 Å². The monoisotopic (exact) mass is 475 g/mol. The molecule has 0 aliphatic rings. The molecule has 0 fully saturated rings. The van der Waals surface area contributed by atoms with Gasteiger partial charge in [0.2, 0.25) is 0 Å². The minimum Gasteiger partial charge on any atom is -0.494 e. The number of aromatic nitrogens is 2. The van der Waals surface area contributed by atoms with Crippen LogP contribution < -0.4 is 10.1 Å². The number of imidazole rings is 1. The number of fused-ring (bicyclic) bond motifs is 1. The summed E-state index contributed by atoms with van der Waals surface area (Å²) in [5.74, 6) is 1.83. The Morgan fingerprint density at radius 2 is 1.85 bits per heavy atom. The van der Waals surface area contributed by atoms with E-state index in [0.717, 1.165) is 48.4 Å². The van der Waals surface area contributed by atoms with Crippen LogP contribution in [0.3, 0.4) is 0 Å². The number of ether oxygens (including phenoxy) is 1. The standard InChI is InChI=1S/C28H30ClN3O2/c1-20-13-14-24(18-21(20)2)34-17-7-16-32-26-11-4-3-10-25(26)31-27(32)12-6-15-30-28(33)22-8-5-9-23(29)19-22/h3-5,8-11,13-14,18-19H,6-7,12,15-17H2,1-2H3,(H,30,33). The van der Waals surface area contributed by atoms with Crippen LogP contribution in [0.4, 0.5) is 0 Å². The molecule has 6 heteroatoms. The molecule has 1 N–H and O–H groups in total. The Bertz CT molecular complexity index is 1280. The molecule has 0 atom stereocenters. The van der Waals surface area contributed by atoms with Crippen molar-refractivity contribution in [3.8, 4) is 5.75 Å². The molecule has 3 aromatic carbocycles. The van der Waals surface area contributed by atoms with E-state index >= 15 is 0 Å². The van der Waals surface area contributed by atoms with Gasteiger partial charge >= 0.3 is 0 Å². The molecule has 0 aliphatic heterocycles. The number of carbonyl (C=O) groups excluding carboxylic acids is 1. The van der Waals surface area contributed by atoms with Crippen molar-refractivity contribution in [1.82, 2.24) is 14.9 Å². The van der Waals surface area contributed by atoms with E-state index < -0.39 is 0 Å². The highest BCUT2D eigenvalue weighted by Gasteiger charge is 2.11. The van der Waals surface area contributed by atoms with E-state index in [9.17, 15) is 4.79 Å². The zero-order chi connectivity index (χ0) is 23.9. The number of benzene rings is 3. The van der Waals surface area contributed by atoms with Gasteiger partial charge in [0.25, 0.3) is 5.91 Å². The van der Waals surface area contributed by atoms with Crippen LogP contribution in [-0.4, -0.2) is 28.6 Å². The van der Waals surface area contributed by atoms with Crippen LogP contribution in [0.15, 0.2) is 66.7 Å². The van der Waals surface area contributed by atoms with Crippen molar-refractivity contribution in [2.45, 2.75) is 39.7 Å². The third kappa shape index (κ3) is 5.97. The van der Waals surface area contributed by atoms with Gasteiger partial charge in [-0.25, -0.2) is 4.98 Å². The fraction of sp³-hybridized carbons (Fsp3) is 0.286. The number of nitrogens with one attached hydrogen (secondary N) is 1. The summed E-state index contributed by atoms with van der Waals surface area (Å²) in [6.07, 6.45) is 2.46. The summed E-state index contributed by atoms with van der Waals surface area (Å²) >= 11 is 5.99. The van der Waals surface area contributed by atoms with E-state index in [2.05, 4.69) is 41.9 Å². The van der Waals surface area contributed by atoms with Gasteiger partial charge in [-0.1, -0.05) is 35.9 Å². The second-order valence-corrected chi connectivity index (χ2v) is 8.92. The largest absolute Gasteiger partial charge is 0.494 e. The van der Waals surface area contributed by atoms with Crippen molar-refractivity contribution in [2.24, 2.45) is 0 Å². The molecule has 0 saturated carbocycles. The minimum absolute atomic E-state index is 0.112. The van der Waals surface area contributed by atoms with Crippen LogP contribution in [0.5, 0.6) is 5.75 Å². The third-order valence-corrected chi connectivity index (χ3v) is 6.19. The van der Waals surface area contributed by atoms with Gasteiger partial charge in [0.1, 0.15) is 11.6 Å². The Kier molecular flexibility index (Phi) is 7.86. The van der Waals surface area contributed by atoms with Crippen LogP contribution in [0.25, 0.3) is 11.0 Å². The molecule has 4 aromatic rings. The SMILES string of the molecule is Cc1ccc(OCCCn2c(CCCNC(=O)c3cccc(Cl)c3)nc3ccccc32)cc1C. The summed E-state index contributed by atoms with van der Waals surface area (Å²) in [5.41, 5.74) is 5.21. The van der Waals surface area contributed by atoms with Crippen molar-refractivity contribution in [1.29, 1.82) is 0 Å². The number of halogens is 1. The lowest BCUT2D eigenvalue weighted by Crippen LogP contribution is -2.25. The topological polar surface area (TPSA) is 56.1 Å². The highest BCUT2D eigenvalue weighted by Crippen LogP contribution is 2.19. The molecule has 1 aromatic heterocycles. The van der Waals surface area contributed by atoms with Gasteiger partial charge in [0, 0.05) is 30.1 Å². The fourth-order valence-corrected chi connectivity index (χ4v) is 4.15. The van der Waals surface area contributed by atoms with Crippen LogP contribution in [0, 0.1) is 13.8 Å². The average molecular weight is 476 g/mol. The molecule has 1 heterocycles. The maximum absolute atomic E-state index is 12.3. The molecule has 0 radical (unpaired) electrons. The molecule has 0 bridgehead atoms. The molecule has 0 saturated heterocycles. The molecular formula is C28H30ClN3O2. The van der Waals surface area contributed by atoms with Crippen molar-refractivity contribution in [3.05, 3.63) is 94.3 Å². The zero-order valence-electron chi connectivity index (χ0n) is 19.7. The lowest BCUT2D eigenvalue weighted by atomic mass is 10.1. The maximum Gasteiger partial charge on any atom is 0.251 e. The average Bonchev–Trinajstić information content (AvgIpc) is 3.19. The Balaban J connectivity index is 1.33. The molecule has 1 amide bonds. The van der Waals surface area contributed by atoms with Crippen LogP contribution in [-0.2, 0) is 13.0 Å². The summed E-state index contributed by atoms with van der Waals surface area (Å²) in [5, 5.41) is 3.53. The Morgan fingerprint density at radius 3 is 2.68 bits per heavy atom. The summed E-state index contributed by atoms with van der Waals surface area (Å²) in [7, 11) is 0. The molecule has 0 unspecified atom stereocenters. The van der Waals surface area contributed by atoms with E-state index in [-0.39, 0.29) is 5.91 Å². The molecule has 176 valence electrons. The Morgan fingerprint density at radius 1 is 1.00 bits per heavy atom. The molecule has 0 aliphatic carbocycles. The van der Waals surface area contributed by atoms with Crippen LogP contribution in [0.2, 0.25) is 5.02 Å². The summed E-state index contributed by atoms with van der Waals surface area (Å²) in [4.78, 5) is 17.2. The summed E-state index contributed by atoms with van der Waals surface area (Å²) in [6, 6.07) is 21.4. The Labute approximate surface area is 205 Å². The maximum atomic E-state index is 12.3. The number of carbonyl (C=O) groups is 1. The first-order valence-electron chi connectivity index (χ1n) is 11.7. The molecule has 5 nitrogen and oxygen atoms in total. The number of aryl methyl sites for hydroxylation is 4. The van der Waals surface area contributed by atoms with Crippen LogP contribution in [0.1, 0.15) is 40.2 Å². The van der Waals surface area contributed by atoms with Gasteiger partial charge in [-0.3, -0.25) is 4.79 Å². The first-order chi connectivity index (χ1) is 16.5. The number of amides is 1. The van der Waals surface area contributed by atoms with E-state index in [0.29, 0.717) is 23.7 Å². The Hall–Kier alpha value is -3.31. The predicted octanol–water partition coefficient (Wildman–Crippen LogP) is 6.14. The highest BCUT2D eigenvalue weighted by molar-refractivity contribution is 6.30. The fourth-order valence-electron chi connectivity index (χ4n) is 3.96. The second-order valence-electron chi connectivity index (χ2n) is 8.49. The predicted molar refractivity (Wildman–Crippen MR) is 138 cm³/mol. The minimum atomic E-state index is -0.112. The van der Waals surface area contributed by atoms with E-state index in [1.807, 2.05) is 24.3 Å². The van der Waals surface area contributed by atoms with Crippen LogP contribution >= 0.6 is 11.6 Å². The van der Waals surface area contributed by atoms with E-state index in [4.69, 9.17) is 21.3 Å². The summed E-state index contributed by atoms with van der Waals surface area (Å²) in [6.45, 7) is 6.25. The number of rotatable bonds is 10. The number of nitrogens with zero attached hydrogens (tertiary/aromatic N) is 2. The highest BCUT2D eigenvalue weighted by atomic mass is 35.5. The number of hydrogen-bond acceptors (Lipinski definition) is 3. The van der Waals surface area contributed by atoms with Gasteiger partial charge in [0.15, 0.2) is 0 Å². The van der Waals surface area contributed by atoms with Gasteiger partial charge in [-0.05, 0) is 80.3 Å². The van der Waals surface area contributed by atoms with Gasteiger partial charge in [-0.2, -0.15) is 0 Å². The molecule has 34 heavy (non-hydrogen) atoms. The first-order valence-corrected chi connectivity index (χ1v) is 12.1. The lowest BCUT2D eigenvalue weighted by molar-refractivity contribution is 0.0953. The summed E-state index contributed by atoms with van der Waals surface area (Å²) < 4.78 is 8.25. The van der Waals surface area contributed by atoms with Crippen molar-refractivity contribution < 1.29 is 9.53 Å². The quantitative estimate of drug-likeness (QED) is 0.280. The smallest absolute Gasteiger partial charge is 0.251 e. The van der Waals surface area contributed by atoms with E-state index in [1.165, 1.54) is 11.1 Å². The zero-order valence-corrected chi connectivity index (χ0v) is 20.4. The van der Waals surface area contributed by atoms with Gasteiger partial charge in [-0.15, -0.1) is 0 Å². The third-order valence-electron chi connectivity index (χ3n) is 5.96. The van der Waals surface area contributed by atoms with Crippen molar-refractivity contribution in [3.63, 3.8) is 0 Å². The molecule has 4 rings (SSSR count). The number of para-hydroxylation sites is 2. The normalized spacial score (nSPS) is 11.0. The molecule has 0 spiro atoms. The lowest BCUT2D eigenvalue weighted by Gasteiger charge is -2.12.